The van der Waals surface area contributed by atoms with Gasteiger partial charge in [-0.2, -0.15) is 0 Å². The van der Waals surface area contributed by atoms with E-state index in [1.807, 2.05) is 0 Å². The molecule has 0 unspecified atom stereocenters. The number of carbonyl (C=O) groups is 3. The number of hydrogen-bond donors (Lipinski definition) is 2. The van der Waals surface area contributed by atoms with Crippen LogP contribution in [0.2, 0.25) is 0 Å². The molecule has 0 atom stereocenters. The number of nitrogens with zero attached hydrogens (tertiary/aromatic N) is 3. The topological polar surface area (TPSA) is 104 Å². The standard InChI is InChI=1S/C8H9N5O3S/c1-9-8-12-11-6(17-8)7(16)13-2-4(14)10-5(15)3-13/h2-3H2,1H3,(H,9,12)(H,10,14,15). The average molecular weight is 255 g/mol. The predicted molar refractivity (Wildman–Crippen MR) is 58.5 cm³/mol. The van der Waals surface area contributed by atoms with Crippen LogP contribution in [0.5, 0.6) is 0 Å². The van der Waals surface area contributed by atoms with Gasteiger partial charge >= 0.3 is 0 Å². The van der Waals surface area contributed by atoms with Gasteiger partial charge in [0.2, 0.25) is 22.0 Å². The smallest absolute Gasteiger partial charge is 0.285 e. The maximum Gasteiger partial charge on any atom is 0.285 e. The summed E-state index contributed by atoms with van der Waals surface area (Å²) < 4.78 is 0. The largest absolute Gasteiger partial charge is 0.363 e. The number of nitrogens with one attached hydrogen (secondary N) is 2. The third-order valence-electron chi connectivity index (χ3n) is 2.06. The van der Waals surface area contributed by atoms with Crippen molar-refractivity contribution in [2.75, 3.05) is 25.5 Å². The van der Waals surface area contributed by atoms with Gasteiger partial charge in [0.25, 0.3) is 5.91 Å². The second kappa shape index (κ2) is 4.45. The van der Waals surface area contributed by atoms with E-state index in [2.05, 4.69) is 20.8 Å². The zero-order valence-electron chi connectivity index (χ0n) is 8.89. The summed E-state index contributed by atoms with van der Waals surface area (Å²) in [6.07, 6.45) is 0. The van der Waals surface area contributed by atoms with Gasteiger partial charge in [-0.1, -0.05) is 11.3 Å². The van der Waals surface area contributed by atoms with E-state index in [4.69, 9.17) is 0 Å². The second-order valence-corrected chi connectivity index (χ2v) is 4.27. The maximum absolute atomic E-state index is 11.9. The molecule has 2 N–H and O–H groups in total. The molecule has 0 aliphatic carbocycles. The van der Waals surface area contributed by atoms with Gasteiger partial charge in [-0.15, -0.1) is 10.2 Å². The first-order valence-electron chi connectivity index (χ1n) is 4.73. The summed E-state index contributed by atoms with van der Waals surface area (Å²) >= 11 is 1.07. The van der Waals surface area contributed by atoms with Crippen molar-refractivity contribution in [3.05, 3.63) is 5.01 Å². The maximum atomic E-state index is 11.9. The zero-order valence-corrected chi connectivity index (χ0v) is 9.71. The molecular formula is C8H9N5O3S. The lowest BCUT2D eigenvalue weighted by Crippen LogP contribution is -2.53. The van der Waals surface area contributed by atoms with E-state index in [0.29, 0.717) is 5.13 Å². The SMILES string of the molecule is CNc1nnc(C(=O)N2CC(=O)NC(=O)C2)s1. The van der Waals surface area contributed by atoms with Crippen molar-refractivity contribution in [3.8, 4) is 0 Å². The summed E-state index contributed by atoms with van der Waals surface area (Å²) in [5.41, 5.74) is 0. The Morgan fingerprint density at radius 1 is 1.35 bits per heavy atom. The number of piperazine rings is 1. The molecule has 0 saturated carbocycles. The number of hydrogen-bond acceptors (Lipinski definition) is 7. The van der Waals surface area contributed by atoms with Crippen LogP contribution in [0, 0.1) is 0 Å². The molecule has 0 aromatic carbocycles. The van der Waals surface area contributed by atoms with Gasteiger partial charge in [0.1, 0.15) is 13.1 Å². The molecule has 9 heteroatoms. The highest BCUT2D eigenvalue weighted by atomic mass is 32.1. The van der Waals surface area contributed by atoms with Crippen LogP contribution >= 0.6 is 11.3 Å². The Balaban J connectivity index is 2.14. The molecule has 17 heavy (non-hydrogen) atoms. The monoisotopic (exact) mass is 255 g/mol. The molecule has 1 fully saturated rings. The lowest BCUT2D eigenvalue weighted by molar-refractivity contribution is -0.135. The molecule has 1 saturated heterocycles. The van der Waals surface area contributed by atoms with Crippen molar-refractivity contribution in [1.82, 2.24) is 20.4 Å². The Kier molecular flexibility index (Phi) is 3.00. The molecule has 0 bridgehead atoms. The summed E-state index contributed by atoms with van der Waals surface area (Å²) in [5.74, 6) is -1.45. The highest BCUT2D eigenvalue weighted by molar-refractivity contribution is 7.17. The molecule has 3 amide bonds. The molecule has 2 heterocycles. The lowest BCUT2D eigenvalue weighted by atomic mass is 10.3. The van der Waals surface area contributed by atoms with Crippen molar-refractivity contribution in [2.45, 2.75) is 0 Å². The Labute approximate surface area is 100 Å². The zero-order chi connectivity index (χ0) is 12.4. The first-order valence-corrected chi connectivity index (χ1v) is 5.55. The quantitative estimate of drug-likeness (QED) is 0.635. The van der Waals surface area contributed by atoms with Gasteiger partial charge in [-0.05, 0) is 0 Å². The third kappa shape index (κ3) is 2.38. The first-order chi connectivity index (χ1) is 8.10. The Morgan fingerprint density at radius 2 is 2.00 bits per heavy atom. The first kappa shape index (κ1) is 11.5. The van der Waals surface area contributed by atoms with E-state index in [9.17, 15) is 14.4 Å². The fourth-order valence-corrected chi connectivity index (χ4v) is 1.99. The van der Waals surface area contributed by atoms with Crippen molar-refractivity contribution < 1.29 is 14.4 Å². The minimum Gasteiger partial charge on any atom is -0.363 e. The minimum absolute atomic E-state index is 0.140. The number of aromatic nitrogens is 2. The lowest BCUT2D eigenvalue weighted by Gasteiger charge is -2.24. The Morgan fingerprint density at radius 3 is 2.53 bits per heavy atom. The minimum atomic E-state index is -0.493. The van der Waals surface area contributed by atoms with E-state index in [1.165, 1.54) is 0 Å². The highest BCUT2D eigenvalue weighted by Gasteiger charge is 2.28. The summed E-state index contributed by atoms with van der Waals surface area (Å²) in [5, 5.41) is 12.9. The summed E-state index contributed by atoms with van der Waals surface area (Å²) in [4.78, 5) is 35.3. The van der Waals surface area contributed by atoms with Crippen LogP contribution in [0.1, 0.15) is 9.80 Å². The van der Waals surface area contributed by atoms with Crippen LogP contribution in [0.4, 0.5) is 5.13 Å². The molecule has 1 aromatic heterocycles. The number of anilines is 1. The van der Waals surface area contributed by atoms with Crippen LogP contribution in [0.25, 0.3) is 0 Å². The van der Waals surface area contributed by atoms with Crippen LogP contribution in [-0.2, 0) is 9.59 Å². The summed E-state index contributed by atoms with van der Waals surface area (Å²) in [7, 11) is 1.66. The van der Waals surface area contributed by atoms with Crippen molar-refractivity contribution in [1.29, 1.82) is 0 Å². The normalized spacial score (nSPS) is 15.7. The van der Waals surface area contributed by atoms with Gasteiger partial charge in [0.15, 0.2) is 0 Å². The van der Waals surface area contributed by atoms with E-state index in [-0.39, 0.29) is 18.1 Å². The molecule has 0 radical (unpaired) electrons. The number of amides is 3. The molecule has 0 spiro atoms. The second-order valence-electron chi connectivity index (χ2n) is 3.29. The van der Waals surface area contributed by atoms with E-state index in [1.54, 1.807) is 7.05 Å². The van der Waals surface area contributed by atoms with E-state index in [0.717, 1.165) is 16.2 Å². The fraction of sp³-hybridized carbons (Fsp3) is 0.375. The molecule has 1 aliphatic rings. The van der Waals surface area contributed by atoms with E-state index >= 15 is 0 Å². The summed E-state index contributed by atoms with van der Waals surface area (Å²) in [6.45, 7) is -0.280. The van der Waals surface area contributed by atoms with Crippen LogP contribution < -0.4 is 10.6 Å². The van der Waals surface area contributed by atoms with Crippen molar-refractivity contribution in [3.63, 3.8) is 0 Å². The molecule has 90 valence electrons. The molecule has 2 rings (SSSR count). The molecule has 8 nitrogen and oxygen atoms in total. The van der Waals surface area contributed by atoms with Crippen LogP contribution in [0.3, 0.4) is 0 Å². The Bertz CT molecular complexity index is 469. The van der Waals surface area contributed by atoms with Crippen LogP contribution in [-0.4, -0.2) is 53.0 Å². The number of imide groups is 1. The van der Waals surface area contributed by atoms with Crippen molar-refractivity contribution in [2.24, 2.45) is 0 Å². The highest BCUT2D eigenvalue weighted by Crippen LogP contribution is 2.16. The van der Waals surface area contributed by atoms with Gasteiger partial charge in [-0.3, -0.25) is 19.7 Å². The van der Waals surface area contributed by atoms with Crippen LogP contribution in [0.15, 0.2) is 0 Å². The average Bonchev–Trinajstić information content (AvgIpc) is 2.75. The number of carbonyl (C=O) groups excluding carboxylic acids is 3. The van der Waals surface area contributed by atoms with Gasteiger partial charge in [-0.25, -0.2) is 0 Å². The molecule has 1 aromatic rings. The molecule has 1 aliphatic heterocycles. The Hall–Kier alpha value is -2.03. The van der Waals surface area contributed by atoms with Gasteiger partial charge < -0.3 is 10.2 Å². The fourth-order valence-electron chi connectivity index (χ4n) is 1.33. The number of rotatable bonds is 2. The third-order valence-corrected chi connectivity index (χ3v) is 2.99. The summed E-state index contributed by atoms with van der Waals surface area (Å²) in [6, 6.07) is 0. The molecular weight excluding hydrogens is 246 g/mol. The van der Waals surface area contributed by atoms with Gasteiger partial charge in [0.05, 0.1) is 0 Å². The van der Waals surface area contributed by atoms with Crippen molar-refractivity contribution >= 4 is 34.2 Å². The predicted octanol–water partition coefficient (Wildman–Crippen LogP) is -1.32. The van der Waals surface area contributed by atoms with E-state index < -0.39 is 17.7 Å². The van der Waals surface area contributed by atoms with Gasteiger partial charge in [0, 0.05) is 7.05 Å².